The predicted octanol–water partition coefficient (Wildman–Crippen LogP) is 3.85. The fourth-order valence-corrected chi connectivity index (χ4v) is 4.81. The van der Waals surface area contributed by atoms with Crippen molar-refractivity contribution < 1.29 is 27.5 Å². The first kappa shape index (κ1) is 30.2. The molecular weight excluding hydrogens is 518 g/mol. The molecule has 9 nitrogen and oxygen atoms in total. The fourth-order valence-electron chi connectivity index (χ4n) is 3.76. The number of halogens is 1. The zero-order valence-electron chi connectivity index (χ0n) is 22.2. The average molecular weight is 554 g/mol. The van der Waals surface area contributed by atoms with Crippen molar-refractivity contribution in [1.82, 2.24) is 10.2 Å². The van der Waals surface area contributed by atoms with Gasteiger partial charge in [-0.05, 0) is 43.5 Å². The number of hydrogen-bond acceptors (Lipinski definition) is 6. The number of anilines is 1. The normalized spacial score (nSPS) is 12.8. The third kappa shape index (κ3) is 8.00. The number of amides is 2. The molecule has 0 aliphatic carbocycles. The third-order valence-electron chi connectivity index (χ3n) is 6.02. The van der Waals surface area contributed by atoms with Crippen LogP contribution in [-0.4, -0.2) is 64.2 Å². The van der Waals surface area contributed by atoms with Gasteiger partial charge in [-0.2, -0.15) is 0 Å². The molecule has 1 N–H and O–H groups in total. The van der Waals surface area contributed by atoms with Gasteiger partial charge in [0, 0.05) is 23.7 Å². The van der Waals surface area contributed by atoms with Gasteiger partial charge in [-0.15, -0.1) is 0 Å². The Morgan fingerprint density at radius 3 is 2.27 bits per heavy atom. The van der Waals surface area contributed by atoms with Crippen molar-refractivity contribution in [2.45, 2.75) is 52.2 Å². The lowest BCUT2D eigenvalue weighted by atomic mass is 10.1. The van der Waals surface area contributed by atoms with Crippen LogP contribution in [0.4, 0.5) is 5.69 Å². The third-order valence-corrected chi connectivity index (χ3v) is 7.52. The molecule has 2 aromatic carbocycles. The van der Waals surface area contributed by atoms with Gasteiger partial charge in [-0.3, -0.25) is 13.9 Å². The monoisotopic (exact) mass is 553 g/mol. The first-order valence-electron chi connectivity index (χ1n) is 12.0. The average Bonchev–Trinajstić information content (AvgIpc) is 2.86. The molecule has 2 rings (SSSR count). The van der Waals surface area contributed by atoms with Gasteiger partial charge in [0.15, 0.2) is 0 Å². The molecule has 37 heavy (non-hydrogen) atoms. The molecule has 0 aliphatic heterocycles. The Hall–Kier alpha value is -2.98. The lowest BCUT2D eigenvalue weighted by Gasteiger charge is -2.33. The zero-order valence-corrected chi connectivity index (χ0v) is 23.7. The van der Waals surface area contributed by atoms with Crippen molar-refractivity contribution in [1.29, 1.82) is 0 Å². The minimum atomic E-state index is -3.92. The molecule has 0 aliphatic rings. The Morgan fingerprint density at radius 1 is 1.05 bits per heavy atom. The summed E-state index contributed by atoms with van der Waals surface area (Å²) in [6, 6.07) is 10.7. The maximum atomic E-state index is 13.8. The number of ether oxygens (including phenoxy) is 2. The maximum absolute atomic E-state index is 13.8. The number of benzene rings is 2. The molecule has 0 saturated heterocycles. The van der Waals surface area contributed by atoms with Crippen LogP contribution in [0.2, 0.25) is 5.02 Å². The van der Waals surface area contributed by atoms with E-state index in [0.29, 0.717) is 22.8 Å². The molecule has 0 spiro atoms. The van der Waals surface area contributed by atoms with Crippen molar-refractivity contribution in [3.63, 3.8) is 0 Å². The zero-order chi connectivity index (χ0) is 27.8. The minimum absolute atomic E-state index is 0.0300. The lowest BCUT2D eigenvalue weighted by Crippen LogP contribution is -2.53. The number of carbonyl (C=O) groups is 2. The number of rotatable bonds is 13. The predicted molar refractivity (Wildman–Crippen MR) is 146 cm³/mol. The second kappa shape index (κ2) is 13.5. The highest BCUT2D eigenvalue weighted by molar-refractivity contribution is 7.92. The van der Waals surface area contributed by atoms with E-state index in [4.69, 9.17) is 21.1 Å². The minimum Gasteiger partial charge on any atom is -0.497 e. The van der Waals surface area contributed by atoms with E-state index in [2.05, 4.69) is 5.32 Å². The van der Waals surface area contributed by atoms with Crippen LogP contribution in [0.3, 0.4) is 0 Å². The second-order valence-electron chi connectivity index (χ2n) is 8.66. The first-order valence-corrected chi connectivity index (χ1v) is 14.2. The molecule has 0 aromatic heterocycles. The summed E-state index contributed by atoms with van der Waals surface area (Å²) in [6.45, 7) is 5.12. The summed E-state index contributed by atoms with van der Waals surface area (Å²) >= 11 is 6.38. The quantitative estimate of drug-likeness (QED) is 0.404. The van der Waals surface area contributed by atoms with Crippen LogP contribution >= 0.6 is 11.6 Å². The molecule has 204 valence electrons. The molecule has 2 amide bonds. The van der Waals surface area contributed by atoms with Gasteiger partial charge in [0.2, 0.25) is 21.8 Å². The molecule has 0 bridgehead atoms. The summed E-state index contributed by atoms with van der Waals surface area (Å²) < 4.78 is 37.3. The molecule has 0 radical (unpaired) electrons. The van der Waals surface area contributed by atoms with E-state index in [-0.39, 0.29) is 29.9 Å². The summed E-state index contributed by atoms with van der Waals surface area (Å²) in [7, 11) is -1.04. The van der Waals surface area contributed by atoms with Gasteiger partial charge < -0.3 is 19.7 Å². The summed E-state index contributed by atoms with van der Waals surface area (Å²) in [6.07, 6.45) is 2.05. The van der Waals surface area contributed by atoms with Gasteiger partial charge in [-0.25, -0.2) is 8.42 Å². The van der Waals surface area contributed by atoms with Crippen molar-refractivity contribution in [3.8, 4) is 11.5 Å². The van der Waals surface area contributed by atoms with Gasteiger partial charge >= 0.3 is 0 Å². The van der Waals surface area contributed by atoms with E-state index < -0.39 is 28.5 Å². The van der Waals surface area contributed by atoms with Crippen molar-refractivity contribution in [2.24, 2.45) is 0 Å². The van der Waals surface area contributed by atoms with Gasteiger partial charge in [0.25, 0.3) is 0 Å². The Labute approximate surface area is 224 Å². The number of carbonyl (C=O) groups excluding carboxylic acids is 2. The highest BCUT2D eigenvalue weighted by atomic mass is 35.5. The Morgan fingerprint density at radius 2 is 1.73 bits per heavy atom. The van der Waals surface area contributed by atoms with Crippen LogP contribution in [0, 0.1) is 0 Å². The fraction of sp³-hybridized carbons (Fsp3) is 0.462. The van der Waals surface area contributed by atoms with Gasteiger partial charge in [-0.1, -0.05) is 43.6 Å². The Kier molecular flexibility index (Phi) is 11.1. The van der Waals surface area contributed by atoms with E-state index in [1.54, 1.807) is 37.3 Å². The summed E-state index contributed by atoms with van der Waals surface area (Å²) in [4.78, 5) is 28.4. The van der Waals surface area contributed by atoms with E-state index in [0.717, 1.165) is 17.0 Å². The molecule has 2 unspecified atom stereocenters. The molecule has 0 saturated carbocycles. The Balaban J connectivity index is 2.52. The van der Waals surface area contributed by atoms with Crippen LogP contribution in [0.25, 0.3) is 0 Å². The smallest absolute Gasteiger partial charge is 0.244 e. The lowest BCUT2D eigenvalue weighted by molar-refractivity contribution is -0.140. The van der Waals surface area contributed by atoms with Crippen LogP contribution in [-0.2, 0) is 26.2 Å². The van der Waals surface area contributed by atoms with Gasteiger partial charge in [0.1, 0.15) is 24.1 Å². The van der Waals surface area contributed by atoms with Gasteiger partial charge in [0.05, 0.1) is 26.2 Å². The molecule has 2 aromatic rings. The molecule has 0 heterocycles. The SMILES string of the molecule is CCC(C)NC(=O)C(CC)N(Cc1ccccc1Cl)C(=O)CN(c1ccc(OC)cc1OC)S(C)(=O)=O. The number of nitrogens with zero attached hydrogens (tertiary/aromatic N) is 2. The molecule has 2 atom stereocenters. The van der Waals surface area contributed by atoms with Crippen molar-refractivity contribution in [2.75, 3.05) is 31.3 Å². The van der Waals surface area contributed by atoms with E-state index in [1.807, 2.05) is 13.8 Å². The highest BCUT2D eigenvalue weighted by Gasteiger charge is 2.33. The number of methoxy groups -OCH3 is 2. The van der Waals surface area contributed by atoms with Crippen molar-refractivity contribution >= 4 is 39.1 Å². The van der Waals surface area contributed by atoms with Crippen LogP contribution in [0.15, 0.2) is 42.5 Å². The molecular formula is C26H36ClN3O6S. The van der Waals surface area contributed by atoms with Crippen molar-refractivity contribution in [3.05, 3.63) is 53.1 Å². The standard InChI is InChI=1S/C26H36ClN3O6S/c1-7-18(3)28-26(32)22(8-2)29(16-19-11-9-10-12-21(19)27)25(31)17-30(37(6,33)34)23-14-13-20(35-4)15-24(23)36-5/h9-15,18,22H,7-8,16-17H2,1-6H3,(H,28,32). The topological polar surface area (TPSA) is 105 Å². The molecule has 11 heteroatoms. The first-order chi connectivity index (χ1) is 17.5. The summed E-state index contributed by atoms with van der Waals surface area (Å²) in [5.74, 6) is -0.190. The summed E-state index contributed by atoms with van der Waals surface area (Å²) in [5, 5.41) is 3.37. The number of nitrogens with one attached hydrogen (secondary N) is 1. The van der Waals surface area contributed by atoms with E-state index in [9.17, 15) is 18.0 Å². The van der Waals surface area contributed by atoms with Crippen LogP contribution < -0.4 is 19.1 Å². The van der Waals surface area contributed by atoms with E-state index in [1.165, 1.54) is 31.3 Å². The summed E-state index contributed by atoms with van der Waals surface area (Å²) in [5.41, 5.74) is 0.814. The van der Waals surface area contributed by atoms with Crippen LogP contribution in [0.5, 0.6) is 11.5 Å². The number of hydrogen-bond donors (Lipinski definition) is 1. The largest absolute Gasteiger partial charge is 0.497 e. The van der Waals surface area contributed by atoms with E-state index >= 15 is 0 Å². The maximum Gasteiger partial charge on any atom is 0.244 e. The molecule has 0 fully saturated rings. The highest BCUT2D eigenvalue weighted by Crippen LogP contribution is 2.34. The second-order valence-corrected chi connectivity index (χ2v) is 11.0. The Bertz CT molecular complexity index is 1190. The number of sulfonamides is 1. The van der Waals surface area contributed by atoms with Crippen LogP contribution in [0.1, 0.15) is 39.2 Å².